The molecular formula is C15H22ClNO3. The van der Waals surface area contributed by atoms with Gasteiger partial charge in [0.15, 0.2) is 6.10 Å². The van der Waals surface area contributed by atoms with Crippen molar-refractivity contribution in [2.24, 2.45) is 5.92 Å². The number of benzene rings is 1. The predicted octanol–water partition coefficient (Wildman–Crippen LogP) is 3.33. The molecule has 0 aliphatic heterocycles. The quantitative estimate of drug-likeness (QED) is 0.773. The molecule has 4 nitrogen and oxygen atoms in total. The number of hydrogen-bond donors (Lipinski definition) is 2. The third kappa shape index (κ3) is 5.02. The fraction of sp³-hybridized carbons (Fsp3) is 0.533. The van der Waals surface area contributed by atoms with Crippen LogP contribution in [0.2, 0.25) is 5.02 Å². The van der Waals surface area contributed by atoms with Crippen molar-refractivity contribution in [2.75, 3.05) is 6.54 Å². The number of rotatable bonds is 8. The molecule has 112 valence electrons. The third-order valence-corrected chi connectivity index (χ3v) is 3.12. The lowest BCUT2D eigenvalue weighted by Crippen LogP contribution is -2.27. The molecule has 0 radical (unpaired) electrons. The summed E-state index contributed by atoms with van der Waals surface area (Å²) in [6.45, 7) is 7.50. The van der Waals surface area contributed by atoms with Gasteiger partial charge in [-0.2, -0.15) is 0 Å². The van der Waals surface area contributed by atoms with Gasteiger partial charge >= 0.3 is 5.97 Å². The van der Waals surface area contributed by atoms with Crippen molar-refractivity contribution in [3.63, 3.8) is 0 Å². The van der Waals surface area contributed by atoms with Crippen LogP contribution in [-0.2, 0) is 11.3 Å². The summed E-state index contributed by atoms with van der Waals surface area (Å²) in [6.07, 6.45) is -0.488. The highest BCUT2D eigenvalue weighted by Gasteiger charge is 2.20. The average Bonchev–Trinajstić information content (AvgIpc) is 2.37. The normalized spacial score (nSPS) is 12.4. The fourth-order valence-corrected chi connectivity index (χ4v) is 2.01. The molecule has 2 N–H and O–H groups in total. The van der Waals surface area contributed by atoms with Gasteiger partial charge in [-0.1, -0.05) is 44.5 Å². The van der Waals surface area contributed by atoms with Gasteiger partial charge in [-0.3, -0.25) is 0 Å². The molecule has 0 saturated carbocycles. The van der Waals surface area contributed by atoms with Gasteiger partial charge in [-0.05, 0) is 24.9 Å². The van der Waals surface area contributed by atoms with E-state index in [4.69, 9.17) is 21.4 Å². The molecule has 1 rings (SSSR count). The predicted molar refractivity (Wildman–Crippen MR) is 80.3 cm³/mol. The number of carbonyl (C=O) groups is 1. The largest absolute Gasteiger partial charge is 0.479 e. The molecule has 5 heteroatoms. The van der Waals surface area contributed by atoms with Crippen LogP contribution in [0.5, 0.6) is 5.75 Å². The Balaban J connectivity index is 2.84. The average molecular weight is 300 g/mol. The van der Waals surface area contributed by atoms with E-state index in [1.165, 1.54) is 0 Å². The summed E-state index contributed by atoms with van der Waals surface area (Å²) in [6, 6.07) is 5.43. The van der Waals surface area contributed by atoms with Crippen molar-refractivity contribution in [3.8, 4) is 5.75 Å². The van der Waals surface area contributed by atoms with Gasteiger partial charge in [-0.15, -0.1) is 0 Å². The molecular weight excluding hydrogens is 278 g/mol. The first-order valence-electron chi connectivity index (χ1n) is 6.83. The summed E-state index contributed by atoms with van der Waals surface area (Å²) in [5, 5.41) is 12.8. The highest BCUT2D eigenvalue weighted by Crippen LogP contribution is 2.30. The number of hydrogen-bond acceptors (Lipinski definition) is 3. The lowest BCUT2D eigenvalue weighted by molar-refractivity contribution is -0.145. The summed E-state index contributed by atoms with van der Waals surface area (Å²) in [5.41, 5.74) is 0.873. The van der Waals surface area contributed by atoms with Gasteiger partial charge in [0.05, 0.1) is 5.02 Å². The highest BCUT2D eigenvalue weighted by molar-refractivity contribution is 6.32. The highest BCUT2D eigenvalue weighted by atomic mass is 35.5. The standard InChI is InChI=1S/C15H22ClNO3/c1-4-13(15(18)19)20-14-11(6-5-7-12(14)16)9-17-8-10(2)3/h5-7,10,13,17H,4,8-9H2,1-3H3,(H,18,19). The van der Waals surface area contributed by atoms with Crippen molar-refractivity contribution in [2.45, 2.75) is 39.8 Å². The summed E-state index contributed by atoms with van der Waals surface area (Å²) >= 11 is 6.13. The first-order chi connectivity index (χ1) is 9.45. The molecule has 0 aliphatic carbocycles. The van der Waals surface area contributed by atoms with Gasteiger partial charge in [0.25, 0.3) is 0 Å². The summed E-state index contributed by atoms with van der Waals surface area (Å²) in [4.78, 5) is 11.1. The molecule has 0 bridgehead atoms. The zero-order valence-corrected chi connectivity index (χ0v) is 12.9. The third-order valence-electron chi connectivity index (χ3n) is 2.82. The number of aliphatic carboxylic acids is 1. The van der Waals surface area contributed by atoms with Gasteiger partial charge in [0.1, 0.15) is 5.75 Å². The second-order valence-corrected chi connectivity index (χ2v) is 5.51. The van der Waals surface area contributed by atoms with E-state index in [0.29, 0.717) is 29.7 Å². The maximum absolute atomic E-state index is 11.1. The first kappa shape index (κ1) is 16.8. The number of halogens is 1. The topological polar surface area (TPSA) is 58.6 Å². The smallest absolute Gasteiger partial charge is 0.344 e. The molecule has 20 heavy (non-hydrogen) atoms. The molecule has 0 saturated heterocycles. The summed E-state index contributed by atoms with van der Waals surface area (Å²) in [5.74, 6) is 0.0224. The van der Waals surface area contributed by atoms with Crippen molar-refractivity contribution in [3.05, 3.63) is 28.8 Å². The number of nitrogens with one attached hydrogen (secondary N) is 1. The number of para-hydroxylation sites is 1. The summed E-state index contributed by atoms with van der Waals surface area (Å²) in [7, 11) is 0. The molecule has 0 amide bonds. The van der Waals surface area contributed by atoms with Gasteiger partial charge in [0.2, 0.25) is 0 Å². The molecule has 0 aromatic heterocycles. The molecule has 1 aromatic rings. The second-order valence-electron chi connectivity index (χ2n) is 5.11. The lowest BCUT2D eigenvalue weighted by atomic mass is 10.1. The van der Waals surface area contributed by atoms with E-state index in [1.54, 1.807) is 13.0 Å². The fourth-order valence-electron chi connectivity index (χ4n) is 1.77. The van der Waals surface area contributed by atoms with E-state index in [9.17, 15) is 4.79 Å². The van der Waals surface area contributed by atoms with E-state index in [-0.39, 0.29) is 0 Å². The van der Waals surface area contributed by atoms with E-state index >= 15 is 0 Å². The Hall–Kier alpha value is -1.26. The van der Waals surface area contributed by atoms with Crippen LogP contribution in [0.3, 0.4) is 0 Å². The van der Waals surface area contributed by atoms with Crippen LogP contribution in [0.1, 0.15) is 32.8 Å². The Morgan fingerprint density at radius 3 is 2.70 bits per heavy atom. The Bertz CT molecular complexity index is 449. The van der Waals surface area contributed by atoms with Gasteiger partial charge in [-0.25, -0.2) is 4.79 Å². The van der Waals surface area contributed by atoms with Crippen LogP contribution in [0.25, 0.3) is 0 Å². The van der Waals surface area contributed by atoms with E-state index < -0.39 is 12.1 Å². The van der Waals surface area contributed by atoms with Crippen LogP contribution in [-0.4, -0.2) is 23.7 Å². The summed E-state index contributed by atoms with van der Waals surface area (Å²) < 4.78 is 5.57. The zero-order chi connectivity index (χ0) is 15.1. The van der Waals surface area contributed by atoms with Crippen LogP contribution >= 0.6 is 11.6 Å². The van der Waals surface area contributed by atoms with Crippen LogP contribution in [0, 0.1) is 5.92 Å². The molecule has 1 aromatic carbocycles. The number of carboxylic acids is 1. The van der Waals surface area contributed by atoms with Crippen molar-refractivity contribution in [1.82, 2.24) is 5.32 Å². The first-order valence-corrected chi connectivity index (χ1v) is 7.21. The number of carboxylic acid groups (broad SMARTS) is 1. The Labute approximate surface area is 125 Å². The minimum Gasteiger partial charge on any atom is -0.479 e. The Morgan fingerprint density at radius 1 is 1.45 bits per heavy atom. The van der Waals surface area contributed by atoms with E-state index in [2.05, 4.69) is 19.2 Å². The Kier molecular flexibility index (Phi) is 6.82. The van der Waals surface area contributed by atoms with Crippen molar-refractivity contribution >= 4 is 17.6 Å². The van der Waals surface area contributed by atoms with E-state index in [0.717, 1.165) is 12.1 Å². The van der Waals surface area contributed by atoms with E-state index in [1.807, 2.05) is 12.1 Å². The maximum atomic E-state index is 11.1. The molecule has 1 atom stereocenters. The SMILES string of the molecule is CCC(Oc1c(Cl)cccc1CNCC(C)C)C(=O)O. The lowest BCUT2D eigenvalue weighted by Gasteiger charge is -2.18. The van der Waals surface area contributed by atoms with Crippen LogP contribution < -0.4 is 10.1 Å². The van der Waals surface area contributed by atoms with Crippen LogP contribution in [0.4, 0.5) is 0 Å². The molecule has 0 spiro atoms. The zero-order valence-electron chi connectivity index (χ0n) is 12.1. The van der Waals surface area contributed by atoms with Gasteiger partial charge in [0, 0.05) is 12.1 Å². The number of ether oxygens (including phenoxy) is 1. The Morgan fingerprint density at radius 2 is 2.15 bits per heavy atom. The monoisotopic (exact) mass is 299 g/mol. The van der Waals surface area contributed by atoms with Crippen molar-refractivity contribution in [1.29, 1.82) is 0 Å². The molecule has 0 aliphatic rings. The minimum atomic E-state index is -0.978. The van der Waals surface area contributed by atoms with Gasteiger partial charge < -0.3 is 15.2 Å². The van der Waals surface area contributed by atoms with Crippen molar-refractivity contribution < 1.29 is 14.6 Å². The minimum absolute atomic E-state index is 0.388. The molecule has 0 fully saturated rings. The molecule has 1 unspecified atom stereocenters. The maximum Gasteiger partial charge on any atom is 0.344 e. The molecule has 0 heterocycles. The second kappa shape index (κ2) is 8.12. The van der Waals surface area contributed by atoms with Crippen LogP contribution in [0.15, 0.2) is 18.2 Å².